The van der Waals surface area contributed by atoms with E-state index < -0.39 is 4.92 Å². The molecule has 3 rings (SSSR count). The molecule has 1 saturated heterocycles. The second-order valence-electron chi connectivity index (χ2n) is 5.32. The van der Waals surface area contributed by atoms with Crippen molar-refractivity contribution < 1.29 is 14.5 Å². The van der Waals surface area contributed by atoms with Crippen molar-refractivity contribution >= 4 is 22.9 Å². The number of ether oxygens (including phenoxy) is 1. The first-order valence-corrected chi connectivity index (χ1v) is 7.40. The molecule has 1 aromatic carbocycles. The van der Waals surface area contributed by atoms with E-state index in [4.69, 9.17) is 4.74 Å². The summed E-state index contributed by atoms with van der Waals surface area (Å²) in [6.07, 6.45) is 4.15. The minimum absolute atomic E-state index is 0.0267. The van der Waals surface area contributed by atoms with Crippen LogP contribution in [0.5, 0.6) is 0 Å². The number of nitro groups is 1. The number of benzene rings is 1. The molecule has 0 unspecified atom stereocenters. The number of morpholine rings is 1. The largest absolute Gasteiger partial charge is 0.378 e. The molecule has 0 N–H and O–H groups in total. The SMILES string of the molecule is O=C(Cn1cc(C=C[N+](=O)[O-])c2ccccc21)N1CCOCC1. The molecule has 2 aromatic rings. The van der Waals surface area contributed by atoms with Crippen LogP contribution >= 0.6 is 0 Å². The van der Waals surface area contributed by atoms with Gasteiger partial charge in [0.05, 0.1) is 18.1 Å². The van der Waals surface area contributed by atoms with E-state index in [1.807, 2.05) is 28.8 Å². The molecule has 1 aliphatic rings. The molecule has 1 aromatic heterocycles. The van der Waals surface area contributed by atoms with Gasteiger partial charge in [-0.1, -0.05) is 18.2 Å². The standard InChI is InChI=1S/C16H17N3O4/c20-16(17-7-9-23-10-8-17)12-18-11-13(5-6-19(21)22)14-3-1-2-4-15(14)18/h1-6,11H,7-10,12H2. The summed E-state index contributed by atoms with van der Waals surface area (Å²) in [4.78, 5) is 24.2. The van der Waals surface area contributed by atoms with Crippen molar-refractivity contribution in [3.05, 3.63) is 52.3 Å². The van der Waals surface area contributed by atoms with E-state index in [9.17, 15) is 14.9 Å². The molecule has 1 fully saturated rings. The van der Waals surface area contributed by atoms with Crippen molar-refractivity contribution in [1.82, 2.24) is 9.47 Å². The molecule has 2 heterocycles. The molecule has 0 atom stereocenters. The highest BCUT2D eigenvalue weighted by Gasteiger charge is 2.18. The third-order valence-corrected chi connectivity index (χ3v) is 3.86. The maximum absolute atomic E-state index is 12.4. The monoisotopic (exact) mass is 315 g/mol. The Labute approximate surface area is 132 Å². The number of nitrogens with zero attached hydrogens (tertiary/aromatic N) is 3. The number of hydrogen-bond donors (Lipinski definition) is 0. The van der Waals surface area contributed by atoms with Crippen molar-refractivity contribution in [1.29, 1.82) is 0 Å². The van der Waals surface area contributed by atoms with Crippen molar-refractivity contribution in [3.8, 4) is 0 Å². The molecule has 1 amide bonds. The van der Waals surface area contributed by atoms with Gasteiger partial charge < -0.3 is 14.2 Å². The Morgan fingerprint density at radius 1 is 1.30 bits per heavy atom. The summed E-state index contributed by atoms with van der Waals surface area (Å²) < 4.78 is 7.10. The van der Waals surface area contributed by atoms with Crippen molar-refractivity contribution in [3.63, 3.8) is 0 Å². The van der Waals surface area contributed by atoms with Crippen LogP contribution in [0.4, 0.5) is 0 Å². The summed E-state index contributed by atoms with van der Waals surface area (Å²) in [5.41, 5.74) is 1.61. The van der Waals surface area contributed by atoms with E-state index in [0.29, 0.717) is 26.3 Å². The molecule has 0 saturated carbocycles. The highest BCUT2D eigenvalue weighted by Crippen LogP contribution is 2.22. The fourth-order valence-corrected chi connectivity index (χ4v) is 2.74. The van der Waals surface area contributed by atoms with Gasteiger partial charge in [-0.25, -0.2) is 0 Å². The molecular formula is C16H17N3O4. The summed E-state index contributed by atoms with van der Waals surface area (Å²) >= 11 is 0. The van der Waals surface area contributed by atoms with Crippen LogP contribution in [0.1, 0.15) is 5.56 Å². The average Bonchev–Trinajstić information content (AvgIpc) is 2.92. The van der Waals surface area contributed by atoms with Crippen LogP contribution in [-0.2, 0) is 16.1 Å². The normalized spacial score (nSPS) is 15.4. The second kappa shape index (κ2) is 6.62. The molecular weight excluding hydrogens is 298 g/mol. The molecule has 0 spiro atoms. The Morgan fingerprint density at radius 3 is 2.78 bits per heavy atom. The molecule has 0 aliphatic carbocycles. The number of carbonyl (C=O) groups excluding carboxylic acids is 1. The van der Waals surface area contributed by atoms with Crippen LogP contribution in [0.25, 0.3) is 17.0 Å². The molecule has 23 heavy (non-hydrogen) atoms. The van der Waals surface area contributed by atoms with E-state index in [-0.39, 0.29) is 12.5 Å². The van der Waals surface area contributed by atoms with Gasteiger partial charge >= 0.3 is 0 Å². The van der Waals surface area contributed by atoms with Gasteiger partial charge in [-0.2, -0.15) is 0 Å². The number of carbonyl (C=O) groups is 1. The fourth-order valence-electron chi connectivity index (χ4n) is 2.74. The van der Waals surface area contributed by atoms with Crippen molar-refractivity contribution in [2.75, 3.05) is 26.3 Å². The van der Waals surface area contributed by atoms with Crippen LogP contribution in [0.15, 0.2) is 36.7 Å². The lowest BCUT2D eigenvalue weighted by Gasteiger charge is -2.27. The lowest BCUT2D eigenvalue weighted by atomic mass is 10.2. The Kier molecular flexibility index (Phi) is 4.38. The van der Waals surface area contributed by atoms with E-state index in [2.05, 4.69) is 0 Å². The van der Waals surface area contributed by atoms with Gasteiger partial charge in [0.2, 0.25) is 12.1 Å². The molecule has 7 heteroatoms. The van der Waals surface area contributed by atoms with Crippen molar-refractivity contribution in [2.45, 2.75) is 6.54 Å². The zero-order chi connectivity index (χ0) is 16.2. The van der Waals surface area contributed by atoms with Crippen LogP contribution in [0, 0.1) is 10.1 Å². The Balaban J connectivity index is 1.88. The van der Waals surface area contributed by atoms with Crippen LogP contribution in [0.2, 0.25) is 0 Å². The Morgan fingerprint density at radius 2 is 2.04 bits per heavy atom. The third kappa shape index (κ3) is 3.40. The summed E-state index contributed by atoms with van der Waals surface area (Å²) in [6.45, 7) is 2.55. The minimum Gasteiger partial charge on any atom is -0.378 e. The summed E-state index contributed by atoms with van der Waals surface area (Å²) in [6, 6.07) is 7.56. The van der Waals surface area contributed by atoms with Crippen LogP contribution in [-0.4, -0.2) is 46.6 Å². The van der Waals surface area contributed by atoms with Crippen molar-refractivity contribution in [2.24, 2.45) is 0 Å². The lowest BCUT2D eigenvalue weighted by molar-refractivity contribution is -0.400. The minimum atomic E-state index is -0.495. The van der Waals surface area contributed by atoms with Crippen LogP contribution in [0.3, 0.4) is 0 Å². The predicted octanol–water partition coefficient (Wildman–Crippen LogP) is 1.75. The van der Waals surface area contributed by atoms with Gasteiger partial charge in [0.15, 0.2) is 0 Å². The zero-order valence-corrected chi connectivity index (χ0v) is 12.6. The number of rotatable bonds is 4. The highest BCUT2D eigenvalue weighted by molar-refractivity contribution is 5.90. The number of hydrogen-bond acceptors (Lipinski definition) is 4. The van der Waals surface area contributed by atoms with Gasteiger partial charge in [-0.15, -0.1) is 0 Å². The van der Waals surface area contributed by atoms with Gasteiger partial charge in [-0.3, -0.25) is 14.9 Å². The van der Waals surface area contributed by atoms with Crippen LogP contribution < -0.4 is 0 Å². The quantitative estimate of drug-likeness (QED) is 0.636. The predicted molar refractivity (Wildman–Crippen MR) is 85.4 cm³/mol. The first-order chi connectivity index (χ1) is 11.1. The number of fused-ring (bicyclic) bond motifs is 1. The maximum atomic E-state index is 12.4. The maximum Gasteiger partial charge on any atom is 0.242 e. The van der Waals surface area contributed by atoms with Gasteiger partial charge in [0, 0.05) is 41.8 Å². The molecule has 0 bridgehead atoms. The smallest absolute Gasteiger partial charge is 0.242 e. The van der Waals surface area contributed by atoms with Gasteiger partial charge in [0.1, 0.15) is 6.54 Å². The molecule has 120 valence electrons. The third-order valence-electron chi connectivity index (χ3n) is 3.86. The van der Waals surface area contributed by atoms with E-state index >= 15 is 0 Å². The summed E-state index contributed by atoms with van der Waals surface area (Å²) in [7, 11) is 0. The van der Waals surface area contributed by atoms with Gasteiger partial charge in [0.25, 0.3) is 0 Å². The summed E-state index contributed by atoms with van der Waals surface area (Å²) in [5, 5.41) is 11.4. The first-order valence-electron chi connectivity index (χ1n) is 7.40. The average molecular weight is 315 g/mol. The topological polar surface area (TPSA) is 77.6 Å². The Bertz CT molecular complexity index is 760. The highest BCUT2D eigenvalue weighted by atomic mass is 16.6. The molecule has 7 nitrogen and oxygen atoms in total. The number of aromatic nitrogens is 1. The Hall–Kier alpha value is -2.67. The van der Waals surface area contributed by atoms with Gasteiger partial charge in [-0.05, 0) is 6.07 Å². The van der Waals surface area contributed by atoms with E-state index in [0.717, 1.165) is 22.7 Å². The number of amides is 1. The summed E-state index contributed by atoms with van der Waals surface area (Å²) in [5.74, 6) is 0.0267. The number of para-hydroxylation sites is 1. The molecule has 1 aliphatic heterocycles. The lowest BCUT2D eigenvalue weighted by Crippen LogP contribution is -2.42. The van der Waals surface area contributed by atoms with E-state index in [1.54, 1.807) is 11.1 Å². The van der Waals surface area contributed by atoms with E-state index in [1.165, 1.54) is 6.08 Å². The second-order valence-corrected chi connectivity index (χ2v) is 5.32. The first kappa shape index (κ1) is 15.2. The fraction of sp³-hybridized carbons (Fsp3) is 0.312. The molecule has 0 radical (unpaired) electrons. The zero-order valence-electron chi connectivity index (χ0n) is 12.6.